The second-order valence-electron chi connectivity index (χ2n) is 4.30. The molecule has 0 bridgehead atoms. The monoisotopic (exact) mass is 302 g/mol. The van der Waals surface area contributed by atoms with Crippen LogP contribution in [0.15, 0.2) is 35.7 Å². The van der Waals surface area contributed by atoms with Crippen molar-refractivity contribution < 1.29 is 21.6 Å². The topological polar surface area (TPSA) is 77.5 Å². The Morgan fingerprint density at radius 1 is 1.16 bits per heavy atom. The molecule has 1 heterocycles. The maximum atomic E-state index is 12.4. The Morgan fingerprint density at radius 2 is 1.79 bits per heavy atom. The van der Waals surface area contributed by atoms with Gasteiger partial charge in [-0.25, -0.2) is 16.8 Å². The van der Waals surface area contributed by atoms with E-state index in [4.69, 9.17) is 4.74 Å². The summed E-state index contributed by atoms with van der Waals surface area (Å²) in [5.41, 5.74) is 0.381. The number of benzene rings is 1. The summed E-state index contributed by atoms with van der Waals surface area (Å²) in [7, 11) is -5.89. The molecule has 0 spiro atoms. The predicted molar refractivity (Wildman–Crippen MR) is 72.8 cm³/mol. The summed E-state index contributed by atoms with van der Waals surface area (Å²) >= 11 is 0. The zero-order valence-corrected chi connectivity index (χ0v) is 11.9. The standard InChI is InChI=1S/C12H14O5S2/c1-17-7-11-8-18(13,14)9-12(19(11,15)16)10-5-3-2-4-6-10/h2-6,9,11H,7-8H2,1H3. The minimum absolute atomic E-state index is 0.133. The number of rotatable bonds is 3. The Hall–Kier alpha value is -1.18. The van der Waals surface area contributed by atoms with Crippen LogP contribution in [-0.2, 0) is 24.4 Å². The molecule has 0 aromatic heterocycles. The third-order valence-electron chi connectivity index (χ3n) is 2.86. The van der Waals surface area contributed by atoms with Gasteiger partial charge in [0.15, 0.2) is 19.7 Å². The van der Waals surface area contributed by atoms with Crippen molar-refractivity contribution in [2.45, 2.75) is 5.25 Å². The van der Waals surface area contributed by atoms with Gasteiger partial charge in [0, 0.05) is 12.5 Å². The second kappa shape index (κ2) is 5.07. The molecule has 0 saturated carbocycles. The van der Waals surface area contributed by atoms with Crippen molar-refractivity contribution in [2.75, 3.05) is 19.5 Å². The fourth-order valence-electron chi connectivity index (χ4n) is 1.96. The average molecular weight is 302 g/mol. The first-order valence-electron chi connectivity index (χ1n) is 5.59. The highest BCUT2D eigenvalue weighted by Gasteiger charge is 2.39. The molecule has 7 heteroatoms. The van der Waals surface area contributed by atoms with Crippen LogP contribution in [-0.4, -0.2) is 41.6 Å². The molecule has 0 radical (unpaired) electrons. The Kier molecular flexibility index (Phi) is 3.80. The van der Waals surface area contributed by atoms with Crippen molar-refractivity contribution in [3.05, 3.63) is 41.3 Å². The van der Waals surface area contributed by atoms with Gasteiger partial charge in [-0.2, -0.15) is 0 Å². The molecule has 19 heavy (non-hydrogen) atoms. The van der Waals surface area contributed by atoms with Crippen LogP contribution in [0.1, 0.15) is 5.56 Å². The van der Waals surface area contributed by atoms with Crippen LogP contribution in [0.5, 0.6) is 0 Å². The lowest BCUT2D eigenvalue weighted by molar-refractivity contribution is 0.201. The largest absolute Gasteiger partial charge is 0.383 e. The predicted octanol–water partition coefficient (Wildman–Crippen LogP) is 0.843. The Balaban J connectivity index is 2.60. The molecule has 1 aliphatic rings. The van der Waals surface area contributed by atoms with Crippen LogP contribution in [0.25, 0.3) is 4.91 Å². The number of methoxy groups -OCH3 is 1. The summed E-state index contributed by atoms with van der Waals surface area (Å²) in [4.78, 5) is -0.151. The maximum Gasteiger partial charge on any atom is 0.185 e. The van der Waals surface area contributed by atoms with Gasteiger partial charge in [-0.05, 0) is 5.56 Å². The maximum absolute atomic E-state index is 12.4. The summed E-state index contributed by atoms with van der Waals surface area (Å²) in [6, 6.07) is 8.22. The van der Waals surface area contributed by atoms with E-state index in [0.717, 1.165) is 5.41 Å². The van der Waals surface area contributed by atoms with Gasteiger partial charge in [0.25, 0.3) is 0 Å². The van der Waals surface area contributed by atoms with Gasteiger partial charge in [-0.15, -0.1) is 0 Å². The Labute approximate surface area is 112 Å². The van der Waals surface area contributed by atoms with E-state index in [1.807, 2.05) is 0 Å². The van der Waals surface area contributed by atoms with Crippen molar-refractivity contribution in [2.24, 2.45) is 0 Å². The molecule has 0 fully saturated rings. The lowest BCUT2D eigenvalue weighted by atomic mass is 10.2. The van der Waals surface area contributed by atoms with Crippen molar-refractivity contribution in [3.63, 3.8) is 0 Å². The van der Waals surface area contributed by atoms with Crippen molar-refractivity contribution in [1.82, 2.24) is 0 Å². The zero-order valence-electron chi connectivity index (χ0n) is 10.3. The summed E-state index contributed by atoms with van der Waals surface area (Å²) in [5, 5.41) is -0.202. The number of ether oxygens (including phenoxy) is 1. The zero-order chi connectivity index (χ0) is 14.1. The number of sulfone groups is 2. The molecule has 0 amide bonds. The fourth-order valence-corrected chi connectivity index (χ4v) is 6.54. The molecule has 0 saturated heterocycles. The Morgan fingerprint density at radius 3 is 2.37 bits per heavy atom. The smallest absolute Gasteiger partial charge is 0.185 e. The summed E-state index contributed by atoms with van der Waals surface area (Å²) in [6.07, 6.45) is 0. The van der Waals surface area contributed by atoms with Gasteiger partial charge in [0.05, 0.1) is 17.3 Å². The first-order valence-corrected chi connectivity index (χ1v) is 8.86. The average Bonchev–Trinajstić information content (AvgIpc) is 2.35. The van der Waals surface area contributed by atoms with Crippen molar-refractivity contribution in [1.29, 1.82) is 0 Å². The molecule has 1 atom stereocenters. The van der Waals surface area contributed by atoms with Gasteiger partial charge < -0.3 is 4.74 Å². The highest BCUT2D eigenvalue weighted by molar-refractivity contribution is 8.06. The second-order valence-corrected chi connectivity index (χ2v) is 8.39. The summed E-state index contributed by atoms with van der Waals surface area (Å²) in [6.45, 7) is -0.133. The number of hydrogen-bond acceptors (Lipinski definition) is 5. The summed E-state index contributed by atoms with van der Waals surface area (Å²) < 4.78 is 53.2. The minimum Gasteiger partial charge on any atom is -0.383 e. The first-order chi connectivity index (χ1) is 8.87. The van der Waals surface area contributed by atoms with E-state index >= 15 is 0 Å². The van der Waals surface area contributed by atoms with Crippen LogP contribution < -0.4 is 0 Å². The third-order valence-corrected chi connectivity index (χ3v) is 6.83. The van der Waals surface area contributed by atoms with E-state index in [1.165, 1.54) is 7.11 Å². The highest BCUT2D eigenvalue weighted by atomic mass is 32.2. The molecule has 2 rings (SSSR count). The van der Waals surface area contributed by atoms with Gasteiger partial charge in [0.2, 0.25) is 0 Å². The number of hydrogen-bond donors (Lipinski definition) is 0. The third kappa shape index (κ3) is 2.88. The molecule has 5 nitrogen and oxygen atoms in total. The lowest BCUT2D eigenvalue weighted by Gasteiger charge is -2.22. The van der Waals surface area contributed by atoms with Crippen LogP contribution in [0, 0.1) is 0 Å². The van der Waals surface area contributed by atoms with E-state index in [2.05, 4.69) is 0 Å². The van der Waals surface area contributed by atoms with Crippen molar-refractivity contribution in [3.8, 4) is 0 Å². The van der Waals surface area contributed by atoms with Gasteiger partial charge >= 0.3 is 0 Å². The lowest BCUT2D eigenvalue weighted by Crippen LogP contribution is -2.37. The van der Waals surface area contributed by atoms with Gasteiger partial charge in [-0.1, -0.05) is 30.3 Å². The molecule has 0 aliphatic carbocycles. The van der Waals surface area contributed by atoms with Crippen LogP contribution >= 0.6 is 0 Å². The van der Waals surface area contributed by atoms with E-state index in [1.54, 1.807) is 30.3 Å². The fraction of sp³-hybridized carbons (Fsp3) is 0.333. The summed E-state index contributed by atoms with van der Waals surface area (Å²) in [5.74, 6) is -0.431. The van der Waals surface area contributed by atoms with E-state index in [0.29, 0.717) is 5.56 Å². The molecule has 1 aromatic carbocycles. The molecular formula is C12H14O5S2. The molecule has 0 N–H and O–H groups in total. The van der Waals surface area contributed by atoms with Gasteiger partial charge in [0.1, 0.15) is 5.25 Å². The molecule has 104 valence electrons. The molecule has 1 unspecified atom stereocenters. The normalized spacial score (nSPS) is 24.7. The molecular weight excluding hydrogens is 288 g/mol. The highest BCUT2D eigenvalue weighted by Crippen LogP contribution is 2.31. The molecule has 1 aromatic rings. The SMILES string of the molecule is COCC1CS(=O)(=O)C=C(c2ccccc2)S1(=O)=O. The van der Waals surface area contributed by atoms with Crippen molar-refractivity contribution >= 4 is 24.6 Å². The molecule has 1 aliphatic heterocycles. The van der Waals surface area contributed by atoms with Crippen LogP contribution in [0.3, 0.4) is 0 Å². The van der Waals surface area contributed by atoms with Gasteiger partial charge in [-0.3, -0.25) is 0 Å². The quantitative estimate of drug-likeness (QED) is 0.827. The first kappa shape index (κ1) is 14.2. The van der Waals surface area contributed by atoms with Crippen LogP contribution in [0.4, 0.5) is 0 Å². The van der Waals surface area contributed by atoms with Crippen LogP contribution in [0.2, 0.25) is 0 Å². The van der Waals surface area contributed by atoms with E-state index in [9.17, 15) is 16.8 Å². The minimum atomic E-state index is -3.69. The van der Waals surface area contributed by atoms with E-state index < -0.39 is 30.7 Å². The Bertz CT molecular complexity index is 687. The van der Waals surface area contributed by atoms with E-state index in [-0.39, 0.29) is 11.5 Å².